The lowest BCUT2D eigenvalue weighted by Gasteiger charge is -2.11. The zero-order valence-corrected chi connectivity index (χ0v) is 9.75. The van der Waals surface area contributed by atoms with Gasteiger partial charge in [-0.3, -0.25) is 4.79 Å². The molecule has 0 aromatic heterocycles. The lowest BCUT2D eigenvalue weighted by atomic mass is 9.99. The first-order valence-electron chi connectivity index (χ1n) is 5.61. The molecule has 1 saturated carbocycles. The first-order chi connectivity index (χ1) is 7.60. The van der Waals surface area contributed by atoms with Crippen LogP contribution < -0.4 is 10.5 Å². The maximum Gasteiger partial charge on any atom is 0.182 e. The SMILES string of the molecule is CCc1cc(C(=O)C2(N)CC2)ccc1OC. The van der Waals surface area contributed by atoms with Gasteiger partial charge in [0.15, 0.2) is 5.78 Å². The Kier molecular flexibility index (Phi) is 2.72. The van der Waals surface area contributed by atoms with E-state index < -0.39 is 5.54 Å². The highest BCUT2D eigenvalue weighted by molar-refractivity contribution is 6.05. The van der Waals surface area contributed by atoms with Crippen LogP contribution in [-0.2, 0) is 6.42 Å². The van der Waals surface area contributed by atoms with Gasteiger partial charge in [0.25, 0.3) is 0 Å². The molecule has 1 aromatic rings. The van der Waals surface area contributed by atoms with Crippen molar-refractivity contribution in [3.63, 3.8) is 0 Å². The Morgan fingerprint density at radius 1 is 1.50 bits per heavy atom. The van der Waals surface area contributed by atoms with E-state index in [1.165, 1.54) is 0 Å². The Morgan fingerprint density at radius 2 is 2.19 bits per heavy atom. The largest absolute Gasteiger partial charge is 0.496 e. The molecule has 3 nitrogen and oxygen atoms in total. The van der Waals surface area contributed by atoms with Crippen LogP contribution in [0.25, 0.3) is 0 Å². The molecule has 0 unspecified atom stereocenters. The molecule has 0 amide bonds. The van der Waals surface area contributed by atoms with E-state index in [0.717, 1.165) is 30.6 Å². The van der Waals surface area contributed by atoms with Crippen LogP contribution in [0, 0.1) is 0 Å². The van der Waals surface area contributed by atoms with Crippen molar-refractivity contribution in [2.75, 3.05) is 7.11 Å². The van der Waals surface area contributed by atoms with Gasteiger partial charge in [-0.25, -0.2) is 0 Å². The molecular weight excluding hydrogens is 202 g/mol. The minimum Gasteiger partial charge on any atom is -0.496 e. The Bertz CT molecular complexity index is 422. The third-order valence-electron chi connectivity index (χ3n) is 3.16. The topological polar surface area (TPSA) is 52.3 Å². The average Bonchev–Trinajstić information content (AvgIpc) is 3.06. The zero-order valence-electron chi connectivity index (χ0n) is 9.75. The Balaban J connectivity index is 2.32. The van der Waals surface area contributed by atoms with Crippen molar-refractivity contribution in [2.24, 2.45) is 5.73 Å². The van der Waals surface area contributed by atoms with Gasteiger partial charge in [-0.2, -0.15) is 0 Å². The molecule has 1 fully saturated rings. The first-order valence-corrected chi connectivity index (χ1v) is 5.61. The maximum absolute atomic E-state index is 12.0. The highest BCUT2D eigenvalue weighted by atomic mass is 16.5. The second-order valence-corrected chi connectivity index (χ2v) is 4.37. The molecule has 16 heavy (non-hydrogen) atoms. The summed E-state index contributed by atoms with van der Waals surface area (Å²) in [6.45, 7) is 2.04. The molecule has 3 heteroatoms. The number of Topliss-reactive ketones (excluding diaryl/α,β-unsaturated/α-hetero) is 1. The van der Waals surface area contributed by atoms with Crippen molar-refractivity contribution in [3.8, 4) is 5.75 Å². The van der Waals surface area contributed by atoms with Crippen LogP contribution >= 0.6 is 0 Å². The summed E-state index contributed by atoms with van der Waals surface area (Å²) in [6, 6.07) is 5.54. The number of benzene rings is 1. The van der Waals surface area contributed by atoms with E-state index in [4.69, 9.17) is 10.5 Å². The molecule has 1 aliphatic rings. The van der Waals surface area contributed by atoms with Gasteiger partial charge in [-0.1, -0.05) is 6.92 Å². The number of hydrogen-bond acceptors (Lipinski definition) is 3. The van der Waals surface area contributed by atoms with Gasteiger partial charge in [0, 0.05) is 5.56 Å². The molecule has 0 bridgehead atoms. The fourth-order valence-corrected chi connectivity index (χ4v) is 1.85. The van der Waals surface area contributed by atoms with E-state index in [1.54, 1.807) is 13.2 Å². The number of aryl methyl sites for hydroxylation is 1. The van der Waals surface area contributed by atoms with Gasteiger partial charge in [0.05, 0.1) is 12.6 Å². The predicted molar refractivity (Wildman–Crippen MR) is 62.9 cm³/mol. The van der Waals surface area contributed by atoms with Gasteiger partial charge >= 0.3 is 0 Å². The van der Waals surface area contributed by atoms with E-state index in [-0.39, 0.29) is 5.78 Å². The molecule has 2 rings (SSSR count). The summed E-state index contributed by atoms with van der Waals surface area (Å²) in [6.07, 6.45) is 2.46. The van der Waals surface area contributed by atoms with Crippen molar-refractivity contribution in [1.82, 2.24) is 0 Å². The minimum atomic E-state index is -0.584. The van der Waals surface area contributed by atoms with Crippen LogP contribution in [0.5, 0.6) is 5.75 Å². The summed E-state index contributed by atoms with van der Waals surface area (Å²) < 4.78 is 5.23. The molecule has 86 valence electrons. The van der Waals surface area contributed by atoms with Crippen LogP contribution in [0.3, 0.4) is 0 Å². The number of carbonyl (C=O) groups excluding carboxylic acids is 1. The van der Waals surface area contributed by atoms with Crippen LogP contribution in [0.15, 0.2) is 18.2 Å². The van der Waals surface area contributed by atoms with Crippen molar-refractivity contribution < 1.29 is 9.53 Å². The summed E-state index contributed by atoms with van der Waals surface area (Å²) in [5.74, 6) is 0.894. The third-order valence-corrected chi connectivity index (χ3v) is 3.16. The van der Waals surface area contributed by atoms with E-state index in [0.29, 0.717) is 5.56 Å². The maximum atomic E-state index is 12.0. The fraction of sp³-hybridized carbons (Fsp3) is 0.462. The third kappa shape index (κ3) is 1.83. The van der Waals surface area contributed by atoms with Crippen molar-refractivity contribution >= 4 is 5.78 Å². The number of ether oxygens (including phenoxy) is 1. The van der Waals surface area contributed by atoms with Gasteiger partial charge in [-0.05, 0) is 43.0 Å². The second kappa shape index (κ2) is 3.91. The number of carbonyl (C=O) groups is 1. The average molecular weight is 219 g/mol. The first kappa shape index (κ1) is 11.1. The van der Waals surface area contributed by atoms with Crippen LogP contribution in [0.2, 0.25) is 0 Å². The highest BCUT2D eigenvalue weighted by Crippen LogP contribution is 2.36. The van der Waals surface area contributed by atoms with E-state index in [9.17, 15) is 4.79 Å². The summed E-state index contributed by atoms with van der Waals surface area (Å²) in [5, 5.41) is 0. The molecule has 2 N–H and O–H groups in total. The number of rotatable bonds is 4. The van der Waals surface area contributed by atoms with E-state index in [2.05, 4.69) is 0 Å². The lowest BCUT2D eigenvalue weighted by Crippen LogP contribution is -2.32. The van der Waals surface area contributed by atoms with Crippen LogP contribution in [-0.4, -0.2) is 18.4 Å². The summed E-state index contributed by atoms with van der Waals surface area (Å²) in [5.41, 5.74) is 7.08. The van der Waals surface area contributed by atoms with Crippen molar-refractivity contribution in [2.45, 2.75) is 31.7 Å². The molecule has 0 heterocycles. The quantitative estimate of drug-likeness (QED) is 0.787. The van der Waals surface area contributed by atoms with E-state index >= 15 is 0 Å². The predicted octanol–water partition coefficient (Wildman–Crippen LogP) is 1.93. The Morgan fingerprint density at radius 3 is 2.69 bits per heavy atom. The Labute approximate surface area is 95.6 Å². The van der Waals surface area contributed by atoms with E-state index in [1.807, 2.05) is 19.1 Å². The number of ketones is 1. The van der Waals surface area contributed by atoms with Crippen LogP contribution in [0.4, 0.5) is 0 Å². The highest BCUT2D eigenvalue weighted by Gasteiger charge is 2.46. The van der Waals surface area contributed by atoms with Crippen molar-refractivity contribution in [3.05, 3.63) is 29.3 Å². The molecule has 1 aliphatic carbocycles. The Hall–Kier alpha value is -1.35. The number of nitrogens with two attached hydrogens (primary N) is 1. The van der Waals surface area contributed by atoms with Gasteiger partial charge in [0.1, 0.15) is 5.75 Å². The normalized spacial score (nSPS) is 16.9. The number of hydrogen-bond donors (Lipinski definition) is 1. The summed E-state index contributed by atoms with van der Waals surface area (Å²) in [4.78, 5) is 12.0. The molecule has 0 spiro atoms. The standard InChI is InChI=1S/C13H17NO2/c1-3-9-8-10(4-5-11(9)16-2)12(15)13(14)6-7-13/h4-5,8H,3,6-7,14H2,1-2H3. The molecular formula is C13H17NO2. The molecule has 1 aromatic carbocycles. The molecule has 0 atom stereocenters. The van der Waals surface area contributed by atoms with Crippen LogP contribution in [0.1, 0.15) is 35.7 Å². The monoisotopic (exact) mass is 219 g/mol. The molecule has 0 radical (unpaired) electrons. The second-order valence-electron chi connectivity index (χ2n) is 4.37. The molecule has 0 saturated heterocycles. The summed E-state index contributed by atoms with van der Waals surface area (Å²) in [7, 11) is 1.64. The zero-order chi connectivity index (χ0) is 11.8. The van der Waals surface area contributed by atoms with Crippen molar-refractivity contribution in [1.29, 1.82) is 0 Å². The number of methoxy groups -OCH3 is 1. The van der Waals surface area contributed by atoms with Gasteiger partial charge < -0.3 is 10.5 Å². The summed E-state index contributed by atoms with van der Waals surface area (Å²) >= 11 is 0. The van der Waals surface area contributed by atoms with Gasteiger partial charge in [0.2, 0.25) is 0 Å². The lowest BCUT2D eigenvalue weighted by molar-refractivity contribution is 0.0949. The smallest absolute Gasteiger partial charge is 0.182 e. The van der Waals surface area contributed by atoms with Gasteiger partial charge in [-0.15, -0.1) is 0 Å². The molecule has 0 aliphatic heterocycles. The minimum absolute atomic E-state index is 0.0600. The fourth-order valence-electron chi connectivity index (χ4n) is 1.85.